The van der Waals surface area contributed by atoms with Gasteiger partial charge in [0.15, 0.2) is 15.6 Å². The van der Waals surface area contributed by atoms with Gasteiger partial charge in [0, 0.05) is 17.7 Å². The number of halogens is 2. The van der Waals surface area contributed by atoms with E-state index in [9.17, 15) is 26.8 Å². The molecule has 1 heterocycles. The molecule has 0 saturated heterocycles. The predicted molar refractivity (Wildman–Crippen MR) is 139 cm³/mol. The Morgan fingerprint density at radius 1 is 1.00 bits per heavy atom. The van der Waals surface area contributed by atoms with Crippen molar-refractivity contribution >= 4 is 39.2 Å². The van der Waals surface area contributed by atoms with Crippen LogP contribution in [0.1, 0.15) is 74.7 Å². The number of carbonyl (C=O) groups is 3. The Labute approximate surface area is 217 Å². The van der Waals surface area contributed by atoms with Crippen molar-refractivity contribution in [3.63, 3.8) is 0 Å². The van der Waals surface area contributed by atoms with E-state index in [2.05, 4.69) is 0 Å². The maximum Gasteiger partial charge on any atom is 0.483 e. The second kappa shape index (κ2) is 12.1. The minimum Gasteiger partial charge on any atom is -0.294 e. The molecule has 0 radical (unpaired) electrons. The lowest BCUT2D eigenvalue weighted by molar-refractivity contribution is -0.121. The van der Waals surface area contributed by atoms with Crippen LogP contribution in [0.5, 0.6) is 0 Å². The number of nitrogens with zero attached hydrogens (tertiary/aromatic N) is 1. The number of rotatable bonds is 8. The van der Waals surface area contributed by atoms with E-state index in [0.717, 1.165) is 42.6 Å². The molecule has 1 aliphatic heterocycles. The smallest absolute Gasteiger partial charge is 0.294 e. The largest absolute Gasteiger partial charge is 0.483 e. The van der Waals surface area contributed by atoms with Gasteiger partial charge in [-0.25, -0.2) is 13.2 Å². The molecule has 0 bridgehead atoms. The van der Waals surface area contributed by atoms with Gasteiger partial charge in [-0.15, -0.1) is 8.78 Å². The standard InChI is InChI=1S/C27H33NO4S.CF2O/c1-27(2)23-18-21(15-16-24(23)28(26(27)30)22-12-7-4-8-13-22)25(29)14-9-17-33(31,32)19-20-10-5-3-6-11-20;2-1(3)4/h4,7-8,12-13,15-16,18,20H,3,5-6,9-11,14,17,19H2,1-2H3;. The number of Topliss-reactive ketones (excluding diaryl/α,β-unsaturated/α-hetero) is 1. The third-order valence-electron chi connectivity index (χ3n) is 7.06. The van der Waals surface area contributed by atoms with Crippen LogP contribution < -0.4 is 4.90 Å². The number of fused-ring (bicyclic) bond motifs is 1. The molecule has 2 aromatic rings. The molecule has 4 rings (SSSR count). The SMILES string of the molecule is CC1(C)C(=O)N(c2ccccc2)c2ccc(C(=O)CCCS(=O)(=O)CC3CCCCC3)cc21.O=C(F)F. The Balaban J connectivity index is 0.000000886. The van der Waals surface area contributed by atoms with Crippen molar-refractivity contribution in [2.24, 2.45) is 5.92 Å². The molecule has 37 heavy (non-hydrogen) atoms. The third kappa shape index (κ3) is 7.31. The van der Waals surface area contributed by atoms with Crippen LogP contribution in [-0.2, 0) is 20.0 Å². The van der Waals surface area contributed by atoms with Crippen molar-refractivity contribution in [3.05, 3.63) is 59.7 Å². The van der Waals surface area contributed by atoms with E-state index in [1.807, 2.05) is 56.3 Å². The number of para-hydroxylation sites is 1. The molecular formula is C28H33F2NO5S. The number of anilines is 2. The summed E-state index contributed by atoms with van der Waals surface area (Å²) in [6.07, 6.45) is 3.15. The van der Waals surface area contributed by atoms with E-state index in [1.165, 1.54) is 6.42 Å². The summed E-state index contributed by atoms with van der Waals surface area (Å²) in [5.41, 5.74) is 2.21. The zero-order chi connectivity index (χ0) is 27.2. The van der Waals surface area contributed by atoms with Gasteiger partial charge < -0.3 is 0 Å². The molecule has 0 spiro atoms. The molecule has 0 unspecified atom stereocenters. The normalized spacial score (nSPS) is 17.1. The van der Waals surface area contributed by atoms with Gasteiger partial charge in [0.2, 0.25) is 5.91 Å². The molecule has 1 fully saturated rings. The molecule has 1 aliphatic carbocycles. The molecule has 9 heteroatoms. The van der Waals surface area contributed by atoms with Gasteiger partial charge >= 0.3 is 6.29 Å². The first-order valence-corrected chi connectivity index (χ1v) is 14.4. The fraction of sp³-hybridized carbons (Fsp3) is 0.464. The van der Waals surface area contributed by atoms with E-state index < -0.39 is 21.5 Å². The van der Waals surface area contributed by atoms with Gasteiger partial charge in [0.1, 0.15) is 0 Å². The van der Waals surface area contributed by atoms with Crippen LogP contribution >= 0.6 is 0 Å². The number of ketones is 1. The second-order valence-corrected chi connectivity index (χ2v) is 12.4. The summed E-state index contributed by atoms with van der Waals surface area (Å²) in [4.78, 5) is 35.9. The van der Waals surface area contributed by atoms with Gasteiger partial charge in [-0.3, -0.25) is 14.5 Å². The van der Waals surface area contributed by atoms with Gasteiger partial charge in [-0.05, 0) is 74.9 Å². The van der Waals surface area contributed by atoms with Crippen LogP contribution in [0.3, 0.4) is 0 Å². The lowest BCUT2D eigenvalue weighted by Crippen LogP contribution is -2.33. The summed E-state index contributed by atoms with van der Waals surface area (Å²) in [5, 5.41) is 0. The minimum atomic E-state index is -3.14. The van der Waals surface area contributed by atoms with E-state index in [4.69, 9.17) is 4.79 Å². The highest BCUT2D eigenvalue weighted by molar-refractivity contribution is 7.91. The number of sulfone groups is 1. The Morgan fingerprint density at radius 2 is 1.62 bits per heavy atom. The number of hydrogen-bond acceptors (Lipinski definition) is 5. The van der Waals surface area contributed by atoms with Crippen molar-refractivity contribution < 1.29 is 31.6 Å². The quantitative estimate of drug-likeness (QED) is 0.280. The highest BCUT2D eigenvalue weighted by Gasteiger charge is 2.44. The number of carbonyl (C=O) groups excluding carboxylic acids is 3. The van der Waals surface area contributed by atoms with Crippen molar-refractivity contribution in [3.8, 4) is 0 Å². The highest BCUT2D eigenvalue weighted by Crippen LogP contribution is 2.45. The Hall–Kier alpha value is -2.94. The minimum absolute atomic E-state index is 0.0258. The van der Waals surface area contributed by atoms with Crippen LogP contribution in [0.2, 0.25) is 0 Å². The average Bonchev–Trinajstić information content (AvgIpc) is 3.04. The molecule has 2 aromatic carbocycles. The second-order valence-electron chi connectivity index (χ2n) is 10.2. The van der Waals surface area contributed by atoms with E-state index in [1.54, 1.807) is 11.0 Å². The zero-order valence-electron chi connectivity index (χ0n) is 21.2. The number of hydrogen-bond donors (Lipinski definition) is 0. The van der Waals surface area contributed by atoms with Gasteiger partial charge in [-0.1, -0.05) is 37.5 Å². The summed E-state index contributed by atoms with van der Waals surface area (Å²) in [6, 6.07) is 14.9. The maximum atomic E-state index is 13.2. The first-order chi connectivity index (χ1) is 17.4. The van der Waals surface area contributed by atoms with E-state index in [0.29, 0.717) is 12.0 Å². The highest BCUT2D eigenvalue weighted by atomic mass is 32.2. The van der Waals surface area contributed by atoms with Crippen molar-refractivity contribution in [2.45, 2.75) is 64.2 Å². The summed E-state index contributed by atoms with van der Waals surface area (Å²) >= 11 is 0. The van der Waals surface area contributed by atoms with Crippen molar-refractivity contribution in [1.29, 1.82) is 0 Å². The molecule has 6 nitrogen and oxygen atoms in total. The lowest BCUT2D eigenvalue weighted by Gasteiger charge is -2.21. The molecule has 200 valence electrons. The van der Waals surface area contributed by atoms with E-state index >= 15 is 0 Å². The molecule has 0 atom stereocenters. The Kier molecular flexibility index (Phi) is 9.34. The summed E-state index contributed by atoms with van der Waals surface area (Å²) in [5.74, 6) is 0.495. The summed E-state index contributed by atoms with van der Waals surface area (Å²) in [7, 11) is -3.14. The lowest BCUT2D eigenvalue weighted by atomic mass is 9.85. The zero-order valence-corrected chi connectivity index (χ0v) is 22.0. The van der Waals surface area contributed by atoms with Crippen molar-refractivity contribution in [2.75, 3.05) is 16.4 Å². The van der Waals surface area contributed by atoms with Crippen LogP contribution in [-0.4, -0.2) is 37.9 Å². The fourth-order valence-electron chi connectivity index (χ4n) is 5.14. The third-order valence-corrected chi connectivity index (χ3v) is 8.95. The first-order valence-electron chi connectivity index (χ1n) is 12.5. The van der Waals surface area contributed by atoms with E-state index in [-0.39, 0.29) is 35.5 Å². The monoisotopic (exact) mass is 533 g/mol. The maximum absolute atomic E-state index is 13.2. The summed E-state index contributed by atoms with van der Waals surface area (Å²) in [6.45, 7) is 3.76. The molecule has 1 saturated carbocycles. The first kappa shape index (κ1) is 28.6. The number of amides is 1. The molecular weight excluding hydrogens is 500 g/mol. The number of benzene rings is 2. The Morgan fingerprint density at radius 3 is 2.24 bits per heavy atom. The fourth-order valence-corrected chi connectivity index (χ4v) is 6.94. The molecule has 2 aliphatic rings. The molecule has 0 aromatic heterocycles. The van der Waals surface area contributed by atoms with Crippen LogP contribution in [0.25, 0.3) is 0 Å². The predicted octanol–water partition coefficient (Wildman–Crippen LogP) is 6.65. The Bertz CT molecular complexity index is 1230. The van der Waals surface area contributed by atoms with Gasteiger partial charge in [0.05, 0.1) is 22.6 Å². The average molecular weight is 534 g/mol. The molecule has 0 N–H and O–H groups in total. The van der Waals surface area contributed by atoms with Gasteiger partial charge in [-0.2, -0.15) is 0 Å². The van der Waals surface area contributed by atoms with Gasteiger partial charge in [0.25, 0.3) is 0 Å². The van der Waals surface area contributed by atoms with Crippen LogP contribution in [0.15, 0.2) is 48.5 Å². The topological polar surface area (TPSA) is 88.6 Å². The van der Waals surface area contributed by atoms with Crippen LogP contribution in [0, 0.1) is 5.92 Å². The molecule has 1 amide bonds. The van der Waals surface area contributed by atoms with Crippen LogP contribution in [0.4, 0.5) is 25.0 Å². The van der Waals surface area contributed by atoms with Crippen molar-refractivity contribution in [1.82, 2.24) is 0 Å². The summed E-state index contributed by atoms with van der Waals surface area (Å²) < 4.78 is 44.4.